The molecule has 0 aliphatic heterocycles. The number of amides is 1. The van der Waals surface area contributed by atoms with Crippen molar-refractivity contribution in [3.05, 3.63) is 34.2 Å². The molecular weight excluding hydrogens is 274 g/mol. The Morgan fingerprint density at radius 2 is 2.20 bits per heavy atom. The minimum Gasteiger partial charge on any atom is -0.369 e. The van der Waals surface area contributed by atoms with Crippen LogP contribution in [0.15, 0.2) is 17.8 Å². The molecule has 0 saturated heterocycles. The number of rotatable bonds is 5. The Hall–Kier alpha value is -2.02. The highest BCUT2D eigenvalue weighted by Gasteiger charge is 2.15. The molecule has 0 fully saturated rings. The lowest BCUT2D eigenvalue weighted by Gasteiger charge is -2.15. The summed E-state index contributed by atoms with van der Waals surface area (Å²) >= 11 is 1.58. The lowest BCUT2D eigenvalue weighted by Crippen LogP contribution is -2.27. The van der Waals surface area contributed by atoms with Crippen molar-refractivity contribution in [2.45, 2.75) is 20.4 Å². The summed E-state index contributed by atoms with van der Waals surface area (Å²) in [5.74, 6) is 0.444. The van der Waals surface area contributed by atoms with E-state index in [4.69, 9.17) is 0 Å². The van der Waals surface area contributed by atoms with Crippen molar-refractivity contribution in [3.8, 4) is 0 Å². The molecule has 2 rings (SSSR count). The Kier molecular flexibility index (Phi) is 4.62. The van der Waals surface area contributed by atoms with Gasteiger partial charge in [-0.2, -0.15) is 0 Å². The van der Waals surface area contributed by atoms with E-state index in [2.05, 4.69) is 20.3 Å². The van der Waals surface area contributed by atoms with Crippen molar-refractivity contribution in [2.75, 3.05) is 18.9 Å². The van der Waals surface area contributed by atoms with Gasteiger partial charge in [-0.15, -0.1) is 11.3 Å². The van der Waals surface area contributed by atoms with E-state index in [0.29, 0.717) is 18.1 Å². The highest BCUT2D eigenvalue weighted by molar-refractivity contribution is 7.09. The molecule has 1 N–H and O–H groups in total. The lowest BCUT2D eigenvalue weighted by molar-refractivity contribution is 0.0777. The largest absolute Gasteiger partial charge is 0.369 e. The molecule has 2 aromatic rings. The first kappa shape index (κ1) is 14.4. The van der Waals surface area contributed by atoms with E-state index in [1.165, 1.54) is 6.20 Å². The molecule has 0 bridgehead atoms. The number of nitrogens with zero attached hydrogens (tertiary/aromatic N) is 4. The summed E-state index contributed by atoms with van der Waals surface area (Å²) in [5.41, 5.74) is 1.22. The third-order valence-corrected chi connectivity index (χ3v) is 3.45. The van der Waals surface area contributed by atoms with Gasteiger partial charge in [0.2, 0.25) is 0 Å². The predicted molar refractivity (Wildman–Crippen MR) is 78.8 cm³/mol. The Bertz CT molecular complexity index is 598. The summed E-state index contributed by atoms with van der Waals surface area (Å²) in [4.78, 5) is 26.5. The van der Waals surface area contributed by atoms with E-state index in [1.54, 1.807) is 29.5 Å². The maximum Gasteiger partial charge on any atom is 0.274 e. The zero-order chi connectivity index (χ0) is 14.5. The highest BCUT2D eigenvalue weighted by atomic mass is 32.1. The normalized spacial score (nSPS) is 10.3. The summed E-state index contributed by atoms with van der Waals surface area (Å²) in [7, 11) is 1.73. The van der Waals surface area contributed by atoms with Gasteiger partial charge in [0.05, 0.1) is 29.6 Å². The van der Waals surface area contributed by atoms with Crippen molar-refractivity contribution in [2.24, 2.45) is 0 Å². The van der Waals surface area contributed by atoms with Gasteiger partial charge in [-0.25, -0.2) is 9.97 Å². The van der Waals surface area contributed by atoms with Gasteiger partial charge in [0.15, 0.2) is 0 Å². The van der Waals surface area contributed by atoms with Crippen LogP contribution in [0, 0.1) is 6.92 Å². The number of hydrogen-bond acceptors (Lipinski definition) is 6. The molecule has 0 saturated carbocycles. The highest BCUT2D eigenvalue weighted by Crippen LogP contribution is 2.11. The molecule has 2 aromatic heterocycles. The first-order valence-electron chi connectivity index (χ1n) is 6.32. The van der Waals surface area contributed by atoms with Crippen molar-refractivity contribution in [3.63, 3.8) is 0 Å². The number of carbonyl (C=O) groups is 1. The average molecular weight is 291 g/mol. The smallest absolute Gasteiger partial charge is 0.274 e. The topological polar surface area (TPSA) is 71.0 Å². The number of thiazole rings is 1. The van der Waals surface area contributed by atoms with Gasteiger partial charge in [-0.3, -0.25) is 9.78 Å². The summed E-state index contributed by atoms with van der Waals surface area (Å²) in [6.07, 6.45) is 3.08. The van der Waals surface area contributed by atoms with Crippen LogP contribution in [0.1, 0.15) is 28.1 Å². The number of carbonyl (C=O) groups excluding carboxylic acids is 1. The Balaban J connectivity index is 2.07. The van der Waals surface area contributed by atoms with Gasteiger partial charge in [0.25, 0.3) is 5.91 Å². The number of aromatic nitrogens is 3. The molecule has 0 spiro atoms. The second-order valence-corrected chi connectivity index (χ2v) is 5.40. The number of hydrogen-bond donors (Lipinski definition) is 1. The maximum absolute atomic E-state index is 12.3. The van der Waals surface area contributed by atoms with Crippen LogP contribution in [0.3, 0.4) is 0 Å². The maximum atomic E-state index is 12.3. The number of anilines is 1. The molecule has 7 heteroatoms. The third kappa shape index (κ3) is 3.51. The Morgan fingerprint density at radius 1 is 1.40 bits per heavy atom. The fourth-order valence-corrected chi connectivity index (χ4v) is 2.33. The van der Waals surface area contributed by atoms with E-state index >= 15 is 0 Å². The van der Waals surface area contributed by atoms with Gasteiger partial charge in [-0.05, 0) is 13.8 Å². The van der Waals surface area contributed by atoms with Crippen molar-refractivity contribution >= 4 is 23.1 Å². The van der Waals surface area contributed by atoms with Gasteiger partial charge in [-0.1, -0.05) is 0 Å². The van der Waals surface area contributed by atoms with Crippen LogP contribution in [-0.4, -0.2) is 39.4 Å². The summed E-state index contributed by atoms with van der Waals surface area (Å²) in [5, 5.41) is 5.99. The molecule has 106 valence electrons. The van der Waals surface area contributed by atoms with Crippen LogP contribution in [0.2, 0.25) is 0 Å². The first-order valence-corrected chi connectivity index (χ1v) is 7.20. The molecule has 0 unspecified atom stereocenters. The zero-order valence-electron chi connectivity index (χ0n) is 11.8. The molecule has 6 nitrogen and oxygen atoms in total. The fraction of sp³-hybridized carbons (Fsp3) is 0.385. The van der Waals surface area contributed by atoms with E-state index in [9.17, 15) is 4.79 Å². The van der Waals surface area contributed by atoms with E-state index in [1.807, 2.05) is 19.2 Å². The summed E-state index contributed by atoms with van der Waals surface area (Å²) < 4.78 is 0. The molecule has 0 aliphatic rings. The Labute approximate surface area is 121 Å². The molecule has 0 radical (unpaired) electrons. The minimum atomic E-state index is -0.164. The van der Waals surface area contributed by atoms with Crippen LogP contribution in [0.25, 0.3) is 0 Å². The average Bonchev–Trinajstić information content (AvgIpc) is 2.84. The Morgan fingerprint density at radius 3 is 2.85 bits per heavy atom. The van der Waals surface area contributed by atoms with Crippen molar-refractivity contribution in [1.82, 2.24) is 19.9 Å². The summed E-state index contributed by atoms with van der Waals surface area (Å²) in [6, 6.07) is 0. The standard InChI is InChI=1S/C13H17N5OS/c1-4-15-12-6-14-5-11(17-12)13(19)18(3)7-10-8-20-9(2)16-10/h5-6,8H,4,7H2,1-3H3,(H,15,17). The summed E-state index contributed by atoms with van der Waals surface area (Å²) in [6.45, 7) is 5.12. The van der Waals surface area contributed by atoms with Gasteiger partial charge >= 0.3 is 0 Å². The second-order valence-electron chi connectivity index (χ2n) is 4.34. The van der Waals surface area contributed by atoms with Crippen LogP contribution in [0.5, 0.6) is 0 Å². The van der Waals surface area contributed by atoms with Crippen LogP contribution in [0.4, 0.5) is 5.82 Å². The quantitative estimate of drug-likeness (QED) is 0.911. The van der Waals surface area contributed by atoms with E-state index in [-0.39, 0.29) is 5.91 Å². The molecule has 0 atom stereocenters. The molecule has 1 amide bonds. The van der Waals surface area contributed by atoms with Gasteiger partial charge < -0.3 is 10.2 Å². The second kappa shape index (κ2) is 6.42. The van der Waals surface area contributed by atoms with Crippen LogP contribution >= 0.6 is 11.3 Å². The van der Waals surface area contributed by atoms with Crippen molar-refractivity contribution in [1.29, 1.82) is 0 Å². The van der Waals surface area contributed by atoms with Crippen LogP contribution < -0.4 is 5.32 Å². The number of nitrogens with one attached hydrogen (secondary N) is 1. The molecule has 0 aromatic carbocycles. The SMILES string of the molecule is CCNc1cncc(C(=O)N(C)Cc2csc(C)n2)n1. The predicted octanol–water partition coefficient (Wildman–Crippen LogP) is 1.95. The van der Waals surface area contributed by atoms with Gasteiger partial charge in [0, 0.05) is 19.0 Å². The molecule has 0 aliphatic carbocycles. The van der Waals surface area contributed by atoms with E-state index in [0.717, 1.165) is 17.2 Å². The van der Waals surface area contributed by atoms with Gasteiger partial charge in [0.1, 0.15) is 11.5 Å². The third-order valence-electron chi connectivity index (χ3n) is 2.62. The minimum absolute atomic E-state index is 0.164. The zero-order valence-corrected chi connectivity index (χ0v) is 12.6. The fourth-order valence-electron chi connectivity index (χ4n) is 1.73. The van der Waals surface area contributed by atoms with Crippen LogP contribution in [-0.2, 0) is 6.54 Å². The molecule has 2 heterocycles. The van der Waals surface area contributed by atoms with Crippen molar-refractivity contribution < 1.29 is 4.79 Å². The molecular formula is C13H17N5OS. The lowest BCUT2D eigenvalue weighted by atomic mass is 10.3. The number of aryl methyl sites for hydroxylation is 1. The monoisotopic (exact) mass is 291 g/mol. The first-order chi connectivity index (χ1) is 9.60. The van der Waals surface area contributed by atoms with E-state index < -0.39 is 0 Å². The molecule has 20 heavy (non-hydrogen) atoms.